The number of para-hydroxylation sites is 1. The third-order valence-corrected chi connectivity index (χ3v) is 4.62. The van der Waals surface area contributed by atoms with E-state index in [1.807, 2.05) is 0 Å². The van der Waals surface area contributed by atoms with E-state index in [4.69, 9.17) is 4.42 Å². The van der Waals surface area contributed by atoms with Crippen LogP contribution in [0.2, 0.25) is 0 Å². The van der Waals surface area contributed by atoms with Gasteiger partial charge in [0.25, 0.3) is 11.5 Å². The Kier molecular flexibility index (Phi) is 4.19. The van der Waals surface area contributed by atoms with Gasteiger partial charge in [-0.15, -0.1) is 0 Å². The zero-order valence-corrected chi connectivity index (χ0v) is 14.1. The van der Waals surface area contributed by atoms with E-state index in [9.17, 15) is 18.8 Å². The van der Waals surface area contributed by atoms with E-state index in [1.165, 1.54) is 30.5 Å². The monoisotopic (exact) mass is 366 g/mol. The van der Waals surface area contributed by atoms with Gasteiger partial charge in [0.1, 0.15) is 17.1 Å². The number of amides is 1. The van der Waals surface area contributed by atoms with Gasteiger partial charge < -0.3 is 14.7 Å². The van der Waals surface area contributed by atoms with Crippen LogP contribution in [-0.4, -0.2) is 16.7 Å². The Morgan fingerprint density at radius 2 is 1.96 bits per heavy atom. The van der Waals surface area contributed by atoms with E-state index < -0.39 is 17.3 Å². The quantitative estimate of drug-likeness (QED) is 0.744. The number of furan rings is 1. The number of aromatic amines is 1. The SMILES string of the molecule is O=C1CC(c2ccco2)Cc2[nH]c(=O)c(C(=O)Nc3ccccc3F)cc21. The van der Waals surface area contributed by atoms with Crippen LogP contribution in [0.3, 0.4) is 0 Å². The first-order valence-electron chi connectivity index (χ1n) is 8.41. The molecule has 27 heavy (non-hydrogen) atoms. The number of nitrogens with one attached hydrogen (secondary N) is 2. The Bertz CT molecular complexity index is 1090. The Labute approximate surface area is 153 Å². The number of pyridine rings is 1. The van der Waals surface area contributed by atoms with E-state index in [2.05, 4.69) is 10.3 Å². The van der Waals surface area contributed by atoms with E-state index >= 15 is 0 Å². The Balaban J connectivity index is 1.65. The number of halogens is 1. The lowest BCUT2D eigenvalue weighted by Gasteiger charge is -2.22. The van der Waals surface area contributed by atoms with Crippen molar-refractivity contribution in [3.63, 3.8) is 0 Å². The van der Waals surface area contributed by atoms with Gasteiger partial charge in [-0.25, -0.2) is 4.39 Å². The molecule has 136 valence electrons. The second kappa shape index (κ2) is 6.68. The van der Waals surface area contributed by atoms with Crippen molar-refractivity contribution in [2.24, 2.45) is 0 Å². The minimum Gasteiger partial charge on any atom is -0.469 e. The molecule has 0 aliphatic heterocycles. The van der Waals surface area contributed by atoms with Crippen molar-refractivity contribution in [2.45, 2.75) is 18.8 Å². The van der Waals surface area contributed by atoms with Crippen LogP contribution in [0.5, 0.6) is 0 Å². The Morgan fingerprint density at radius 3 is 2.70 bits per heavy atom. The summed E-state index contributed by atoms with van der Waals surface area (Å²) in [5.41, 5.74) is -0.128. The van der Waals surface area contributed by atoms with Gasteiger partial charge in [-0.3, -0.25) is 14.4 Å². The topological polar surface area (TPSA) is 92.2 Å². The average Bonchev–Trinajstić information content (AvgIpc) is 3.17. The highest BCUT2D eigenvalue weighted by Gasteiger charge is 2.30. The molecule has 6 nitrogen and oxygen atoms in total. The molecule has 1 aliphatic carbocycles. The lowest BCUT2D eigenvalue weighted by atomic mass is 9.84. The van der Waals surface area contributed by atoms with E-state index in [0.717, 1.165) is 0 Å². The van der Waals surface area contributed by atoms with Gasteiger partial charge in [-0.1, -0.05) is 12.1 Å². The second-order valence-corrected chi connectivity index (χ2v) is 6.38. The molecule has 0 radical (unpaired) electrons. The maximum atomic E-state index is 13.7. The third kappa shape index (κ3) is 3.19. The maximum absolute atomic E-state index is 13.7. The Morgan fingerprint density at radius 1 is 1.15 bits per heavy atom. The molecule has 2 aromatic heterocycles. The molecular formula is C20H15FN2O4. The fraction of sp³-hybridized carbons (Fsp3) is 0.150. The van der Waals surface area contributed by atoms with Gasteiger partial charge in [-0.05, 0) is 36.8 Å². The third-order valence-electron chi connectivity index (χ3n) is 4.62. The zero-order valence-electron chi connectivity index (χ0n) is 14.1. The highest BCUT2D eigenvalue weighted by atomic mass is 19.1. The summed E-state index contributed by atoms with van der Waals surface area (Å²) in [6.07, 6.45) is 2.19. The van der Waals surface area contributed by atoms with Gasteiger partial charge in [0.2, 0.25) is 0 Å². The molecule has 7 heteroatoms. The summed E-state index contributed by atoms with van der Waals surface area (Å²) in [6, 6.07) is 10.5. The number of carbonyl (C=O) groups is 2. The number of carbonyl (C=O) groups excluding carboxylic acids is 2. The largest absolute Gasteiger partial charge is 0.469 e. The fourth-order valence-corrected chi connectivity index (χ4v) is 3.28. The number of aromatic nitrogens is 1. The van der Waals surface area contributed by atoms with Gasteiger partial charge >= 0.3 is 0 Å². The molecule has 2 N–H and O–H groups in total. The van der Waals surface area contributed by atoms with Crippen LogP contribution in [0.1, 0.15) is 44.5 Å². The van der Waals surface area contributed by atoms with Crippen molar-refractivity contribution in [3.8, 4) is 0 Å². The normalized spacial score (nSPS) is 16.0. The van der Waals surface area contributed by atoms with Crippen LogP contribution in [-0.2, 0) is 6.42 Å². The molecule has 0 fully saturated rings. The van der Waals surface area contributed by atoms with Crippen LogP contribution in [0.4, 0.5) is 10.1 Å². The molecule has 3 aromatic rings. The average molecular weight is 366 g/mol. The maximum Gasteiger partial charge on any atom is 0.261 e. The molecular weight excluding hydrogens is 351 g/mol. The summed E-state index contributed by atoms with van der Waals surface area (Å²) in [5.74, 6) is -1.05. The first kappa shape index (κ1) is 17.0. The summed E-state index contributed by atoms with van der Waals surface area (Å²) < 4.78 is 19.1. The Hall–Kier alpha value is -3.48. The summed E-state index contributed by atoms with van der Waals surface area (Å²) in [5, 5.41) is 2.36. The molecule has 1 aliphatic rings. The van der Waals surface area contributed by atoms with Gasteiger partial charge in [0.05, 0.1) is 12.0 Å². The number of Topliss-reactive ketones (excluding diaryl/α,β-unsaturated/α-hetero) is 1. The van der Waals surface area contributed by atoms with Crippen molar-refractivity contribution in [3.05, 3.63) is 87.5 Å². The van der Waals surface area contributed by atoms with E-state index in [0.29, 0.717) is 23.4 Å². The molecule has 0 saturated heterocycles. The first-order valence-corrected chi connectivity index (χ1v) is 8.41. The molecule has 4 rings (SSSR count). The molecule has 1 atom stereocenters. The molecule has 1 unspecified atom stereocenters. The predicted molar refractivity (Wildman–Crippen MR) is 95.5 cm³/mol. The predicted octanol–water partition coefficient (Wildman–Crippen LogP) is 3.27. The minimum atomic E-state index is -0.773. The lowest BCUT2D eigenvalue weighted by Crippen LogP contribution is -2.29. The van der Waals surface area contributed by atoms with Crippen LogP contribution >= 0.6 is 0 Å². The van der Waals surface area contributed by atoms with Crippen LogP contribution < -0.4 is 10.9 Å². The first-order chi connectivity index (χ1) is 13.0. The molecule has 0 bridgehead atoms. The number of H-pyrrole nitrogens is 1. The van der Waals surface area contributed by atoms with Gasteiger partial charge in [0, 0.05) is 23.6 Å². The molecule has 1 aromatic carbocycles. The summed E-state index contributed by atoms with van der Waals surface area (Å²) in [6.45, 7) is 0. The van der Waals surface area contributed by atoms with Crippen LogP contribution in [0.15, 0.2) is 57.9 Å². The highest BCUT2D eigenvalue weighted by Crippen LogP contribution is 2.31. The number of benzene rings is 1. The molecule has 2 heterocycles. The van der Waals surface area contributed by atoms with Crippen molar-refractivity contribution in [2.75, 3.05) is 5.32 Å². The van der Waals surface area contributed by atoms with Crippen molar-refractivity contribution in [1.82, 2.24) is 4.98 Å². The fourth-order valence-electron chi connectivity index (χ4n) is 3.28. The van der Waals surface area contributed by atoms with Crippen molar-refractivity contribution >= 4 is 17.4 Å². The lowest BCUT2D eigenvalue weighted by molar-refractivity contribution is 0.0959. The van der Waals surface area contributed by atoms with Crippen molar-refractivity contribution < 1.29 is 18.4 Å². The molecule has 1 amide bonds. The van der Waals surface area contributed by atoms with Crippen molar-refractivity contribution in [1.29, 1.82) is 0 Å². The minimum absolute atomic E-state index is 0.0381. The zero-order chi connectivity index (χ0) is 19.0. The number of hydrogen-bond acceptors (Lipinski definition) is 4. The second-order valence-electron chi connectivity index (χ2n) is 6.38. The molecule has 0 spiro atoms. The summed E-state index contributed by atoms with van der Waals surface area (Å²) in [7, 11) is 0. The van der Waals surface area contributed by atoms with Crippen LogP contribution in [0.25, 0.3) is 0 Å². The summed E-state index contributed by atoms with van der Waals surface area (Å²) >= 11 is 0. The van der Waals surface area contributed by atoms with E-state index in [-0.39, 0.29) is 29.4 Å². The number of fused-ring (bicyclic) bond motifs is 1. The van der Waals surface area contributed by atoms with E-state index in [1.54, 1.807) is 18.2 Å². The summed E-state index contributed by atoms with van der Waals surface area (Å²) in [4.78, 5) is 39.9. The number of hydrogen-bond donors (Lipinski definition) is 2. The number of rotatable bonds is 3. The standard InChI is InChI=1S/C20H15FN2O4/c21-14-4-1-2-5-15(14)22-19(25)13-10-12-16(23-20(13)26)8-11(9-17(12)24)18-6-3-7-27-18/h1-7,10-11H,8-9H2,(H,22,25)(H,23,26). The van der Waals surface area contributed by atoms with Crippen LogP contribution in [0, 0.1) is 5.82 Å². The highest BCUT2D eigenvalue weighted by molar-refractivity contribution is 6.06. The smallest absolute Gasteiger partial charge is 0.261 e. The number of ketones is 1. The number of anilines is 1. The molecule has 0 saturated carbocycles. The van der Waals surface area contributed by atoms with Gasteiger partial charge in [0.15, 0.2) is 5.78 Å². The van der Waals surface area contributed by atoms with Gasteiger partial charge in [-0.2, -0.15) is 0 Å².